The van der Waals surface area contributed by atoms with Crippen LogP contribution in [0.4, 0.5) is 5.69 Å². The molecule has 172 valence electrons. The van der Waals surface area contributed by atoms with E-state index in [0.29, 0.717) is 17.9 Å². The molecule has 0 aliphatic heterocycles. The summed E-state index contributed by atoms with van der Waals surface area (Å²) in [4.78, 5) is 24.6. The van der Waals surface area contributed by atoms with Gasteiger partial charge in [0.2, 0.25) is 0 Å². The lowest BCUT2D eigenvalue weighted by molar-refractivity contribution is -0.118. The van der Waals surface area contributed by atoms with E-state index in [1.807, 2.05) is 68.4 Å². The van der Waals surface area contributed by atoms with Crippen LogP contribution >= 0.6 is 11.6 Å². The third-order valence-electron chi connectivity index (χ3n) is 4.94. The number of carbonyl (C=O) groups excluding carboxylic acids is 2. The highest BCUT2D eigenvalue weighted by Gasteiger charge is 2.11. The maximum absolute atomic E-state index is 12.4. The number of aryl methyl sites for hydroxylation is 2. The highest BCUT2D eigenvalue weighted by atomic mass is 35.5. The fourth-order valence-corrected chi connectivity index (χ4v) is 3.44. The van der Waals surface area contributed by atoms with Crippen molar-refractivity contribution in [2.24, 2.45) is 0 Å². The summed E-state index contributed by atoms with van der Waals surface area (Å²) in [6.07, 6.45) is 1.45. The van der Waals surface area contributed by atoms with Crippen molar-refractivity contribution >= 4 is 35.2 Å². The molecular weight excluding hydrogens is 450 g/mol. The minimum Gasteiger partial charge on any atom is -0.482 e. The summed E-state index contributed by atoms with van der Waals surface area (Å²) >= 11 is 6.29. The Hall–Kier alpha value is -4.08. The van der Waals surface area contributed by atoms with Crippen LogP contribution in [0.3, 0.4) is 0 Å². The minimum atomic E-state index is -0.481. The van der Waals surface area contributed by atoms with Crippen molar-refractivity contribution in [3.05, 3.63) is 99.6 Å². The number of halogens is 1. The first-order valence-corrected chi connectivity index (χ1v) is 11.0. The van der Waals surface area contributed by atoms with Gasteiger partial charge in [-0.15, -0.1) is 0 Å². The number of benzene rings is 3. The molecule has 7 heteroatoms. The van der Waals surface area contributed by atoms with Gasteiger partial charge in [-0.2, -0.15) is 5.26 Å². The molecule has 0 aromatic heterocycles. The molecule has 0 spiro atoms. The van der Waals surface area contributed by atoms with Gasteiger partial charge in [-0.25, -0.2) is 0 Å². The molecule has 0 atom stereocenters. The number of ether oxygens (including phenoxy) is 1. The van der Waals surface area contributed by atoms with E-state index in [1.54, 1.807) is 18.2 Å². The van der Waals surface area contributed by atoms with Crippen molar-refractivity contribution in [3.63, 3.8) is 0 Å². The summed E-state index contributed by atoms with van der Waals surface area (Å²) in [5.74, 6) is -0.471. The van der Waals surface area contributed by atoms with E-state index < -0.39 is 5.91 Å². The zero-order valence-corrected chi connectivity index (χ0v) is 19.6. The second-order valence-electron chi connectivity index (χ2n) is 7.68. The Balaban J connectivity index is 1.59. The molecule has 2 amide bonds. The van der Waals surface area contributed by atoms with Gasteiger partial charge < -0.3 is 15.4 Å². The van der Waals surface area contributed by atoms with Gasteiger partial charge in [0.15, 0.2) is 6.61 Å². The van der Waals surface area contributed by atoms with Crippen LogP contribution in [-0.4, -0.2) is 18.4 Å². The van der Waals surface area contributed by atoms with E-state index in [0.717, 1.165) is 22.4 Å². The van der Waals surface area contributed by atoms with Crippen LogP contribution in [0.15, 0.2) is 72.3 Å². The average Bonchev–Trinajstić information content (AvgIpc) is 2.83. The molecule has 0 aliphatic carbocycles. The van der Waals surface area contributed by atoms with E-state index in [-0.39, 0.29) is 23.1 Å². The third-order valence-corrected chi connectivity index (χ3v) is 5.24. The van der Waals surface area contributed by atoms with Crippen LogP contribution in [0.25, 0.3) is 6.08 Å². The minimum absolute atomic E-state index is 0.0477. The van der Waals surface area contributed by atoms with E-state index in [1.165, 1.54) is 6.08 Å². The van der Waals surface area contributed by atoms with Gasteiger partial charge in [0, 0.05) is 12.2 Å². The van der Waals surface area contributed by atoms with Crippen LogP contribution in [0.2, 0.25) is 5.02 Å². The van der Waals surface area contributed by atoms with Gasteiger partial charge in [-0.05, 0) is 54.8 Å². The standard InChI is InChI=1S/C27H24ClN3O3/c1-18-8-10-24(19(2)12-18)31-26(32)17-34-25-11-9-21(14-23(25)28)13-22(15-29)27(33)30-16-20-6-4-3-5-7-20/h3-14H,16-17H2,1-2H3,(H,30,33)(H,31,32)/b22-13+. The Kier molecular flexibility index (Phi) is 8.44. The number of amides is 2. The quantitative estimate of drug-likeness (QED) is 0.347. The highest BCUT2D eigenvalue weighted by molar-refractivity contribution is 6.32. The first-order chi connectivity index (χ1) is 16.4. The Morgan fingerprint density at radius 1 is 1.06 bits per heavy atom. The van der Waals surface area contributed by atoms with Gasteiger partial charge in [0.25, 0.3) is 11.8 Å². The zero-order chi connectivity index (χ0) is 24.5. The number of carbonyl (C=O) groups is 2. The fourth-order valence-electron chi connectivity index (χ4n) is 3.20. The zero-order valence-electron chi connectivity index (χ0n) is 18.9. The number of nitriles is 1. The van der Waals surface area contributed by atoms with Crippen LogP contribution < -0.4 is 15.4 Å². The molecule has 0 saturated heterocycles. The second kappa shape index (κ2) is 11.7. The van der Waals surface area contributed by atoms with Crippen molar-refractivity contribution in [2.75, 3.05) is 11.9 Å². The molecule has 0 heterocycles. The van der Waals surface area contributed by atoms with E-state index in [4.69, 9.17) is 16.3 Å². The molecule has 0 saturated carbocycles. The SMILES string of the molecule is Cc1ccc(NC(=O)COc2ccc(/C=C(\C#N)C(=O)NCc3ccccc3)cc2Cl)c(C)c1. The van der Waals surface area contributed by atoms with Crippen molar-refractivity contribution in [3.8, 4) is 11.8 Å². The molecule has 0 unspecified atom stereocenters. The van der Waals surface area contributed by atoms with Gasteiger partial charge in [0.05, 0.1) is 5.02 Å². The Morgan fingerprint density at radius 2 is 1.82 bits per heavy atom. The molecule has 34 heavy (non-hydrogen) atoms. The topological polar surface area (TPSA) is 91.2 Å². The normalized spacial score (nSPS) is 10.8. The van der Waals surface area contributed by atoms with Crippen LogP contribution in [0, 0.1) is 25.2 Å². The third kappa shape index (κ3) is 6.96. The lowest BCUT2D eigenvalue weighted by atomic mass is 10.1. The number of rotatable bonds is 8. The summed E-state index contributed by atoms with van der Waals surface area (Å²) in [6, 6.07) is 21.9. The second-order valence-corrected chi connectivity index (χ2v) is 8.09. The van der Waals surface area contributed by atoms with E-state index >= 15 is 0 Å². The molecule has 0 bridgehead atoms. The first kappa shape index (κ1) is 24.6. The Morgan fingerprint density at radius 3 is 2.50 bits per heavy atom. The summed E-state index contributed by atoms with van der Waals surface area (Å²) < 4.78 is 5.55. The Labute approximate surface area is 203 Å². The monoisotopic (exact) mass is 473 g/mol. The summed E-state index contributed by atoms with van der Waals surface area (Å²) in [5, 5.41) is 15.2. The van der Waals surface area contributed by atoms with Crippen molar-refractivity contribution < 1.29 is 14.3 Å². The highest BCUT2D eigenvalue weighted by Crippen LogP contribution is 2.26. The molecule has 6 nitrogen and oxygen atoms in total. The number of hydrogen-bond donors (Lipinski definition) is 2. The van der Waals surface area contributed by atoms with Crippen molar-refractivity contribution in [1.29, 1.82) is 5.26 Å². The maximum atomic E-state index is 12.4. The molecular formula is C27H24ClN3O3. The molecule has 3 rings (SSSR count). The molecule has 0 fully saturated rings. The largest absolute Gasteiger partial charge is 0.482 e. The summed E-state index contributed by atoms with van der Waals surface area (Å²) in [7, 11) is 0. The van der Waals surface area contributed by atoms with Crippen LogP contribution in [0.5, 0.6) is 5.75 Å². The molecule has 0 radical (unpaired) electrons. The predicted octanol–water partition coefficient (Wildman–Crippen LogP) is 5.20. The van der Waals surface area contributed by atoms with Gasteiger partial charge in [-0.1, -0.05) is 65.7 Å². The molecule has 3 aromatic carbocycles. The van der Waals surface area contributed by atoms with Gasteiger partial charge in [0.1, 0.15) is 17.4 Å². The first-order valence-electron chi connectivity index (χ1n) is 10.6. The van der Waals surface area contributed by atoms with E-state index in [2.05, 4.69) is 10.6 Å². The number of anilines is 1. The van der Waals surface area contributed by atoms with Gasteiger partial charge >= 0.3 is 0 Å². The van der Waals surface area contributed by atoms with Gasteiger partial charge in [-0.3, -0.25) is 9.59 Å². The lowest BCUT2D eigenvalue weighted by Gasteiger charge is -2.11. The van der Waals surface area contributed by atoms with Crippen LogP contribution in [-0.2, 0) is 16.1 Å². The van der Waals surface area contributed by atoms with Crippen LogP contribution in [0.1, 0.15) is 22.3 Å². The molecule has 0 aliphatic rings. The number of nitrogens with zero attached hydrogens (tertiary/aromatic N) is 1. The summed E-state index contributed by atoms with van der Waals surface area (Å²) in [5.41, 5.74) is 4.24. The van der Waals surface area contributed by atoms with Crippen molar-refractivity contribution in [1.82, 2.24) is 5.32 Å². The Bertz CT molecular complexity index is 1260. The maximum Gasteiger partial charge on any atom is 0.262 e. The van der Waals surface area contributed by atoms with Crippen molar-refractivity contribution in [2.45, 2.75) is 20.4 Å². The average molecular weight is 474 g/mol. The summed E-state index contributed by atoms with van der Waals surface area (Å²) in [6.45, 7) is 4.01. The molecule has 2 N–H and O–H groups in total. The number of hydrogen-bond acceptors (Lipinski definition) is 4. The number of nitrogens with one attached hydrogen (secondary N) is 2. The smallest absolute Gasteiger partial charge is 0.262 e. The fraction of sp³-hybridized carbons (Fsp3) is 0.148. The lowest BCUT2D eigenvalue weighted by Crippen LogP contribution is -2.23. The molecule has 3 aromatic rings. The van der Waals surface area contributed by atoms with E-state index in [9.17, 15) is 14.9 Å². The predicted molar refractivity (Wildman–Crippen MR) is 133 cm³/mol.